The van der Waals surface area contributed by atoms with Gasteiger partial charge in [-0.15, -0.1) is 0 Å². The molecule has 5 nitrogen and oxygen atoms in total. The van der Waals surface area contributed by atoms with Gasteiger partial charge in [0.05, 0.1) is 11.2 Å². The number of carbonyl (C=O) groups excluding carboxylic acids is 2. The van der Waals surface area contributed by atoms with E-state index in [4.69, 9.17) is 16.6 Å². The van der Waals surface area contributed by atoms with E-state index >= 15 is 0 Å². The number of furan rings is 1. The van der Waals surface area contributed by atoms with Gasteiger partial charge in [0.1, 0.15) is 10.1 Å². The predicted octanol–water partition coefficient (Wildman–Crippen LogP) is 4.05. The number of likely N-dealkylation sites (tertiary alicyclic amines) is 1. The summed E-state index contributed by atoms with van der Waals surface area (Å²) in [6, 6.07) is 3.96. The normalized spacial score (nSPS) is 22.5. The molecule has 0 saturated carbocycles. The molecule has 0 aliphatic carbocycles. The first kappa shape index (κ1) is 19.2. The van der Waals surface area contributed by atoms with Gasteiger partial charge in [0, 0.05) is 31.6 Å². The van der Waals surface area contributed by atoms with Crippen LogP contribution in [0.1, 0.15) is 51.2 Å². The van der Waals surface area contributed by atoms with E-state index in [9.17, 15) is 9.59 Å². The fourth-order valence-corrected chi connectivity index (χ4v) is 4.77. The van der Waals surface area contributed by atoms with Crippen LogP contribution in [0, 0.1) is 0 Å². The molecule has 2 saturated heterocycles. The second-order valence-corrected chi connectivity index (χ2v) is 8.27. The van der Waals surface area contributed by atoms with Crippen LogP contribution in [0.15, 0.2) is 27.7 Å². The zero-order valence-corrected chi connectivity index (χ0v) is 16.6. The lowest BCUT2D eigenvalue weighted by Crippen LogP contribution is -2.43. The van der Waals surface area contributed by atoms with Crippen LogP contribution >= 0.6 is 24.0 Å². The average molecular weight is 393 g/mol. The monoisotopic (exact) mass is 392 g/mol. The lowest BCUT2D eigenvalue weighted by molar-refractivity contribution is -0.135. The molecule has 26 heavy (non-hydrogen) atoms. The Bertz CT molecular complexity index is 700. The average Bonchev–Trinajstić information content (AvgIpc) is 3.25. The highest BCUT2D eigenvalue weighted by molar-refractivity contribution is 8.26. The minimum atomic E-state index is -0.103. The molecule has 0 spiro atoms. The van der Waals surface area contributed by atoms with Crippen molar-refractivity contribution in [3.63, 3.8) is 0 Å². The highest BCUT2D eigenvalue weighted by Crippen LogP contribution is 2.32. The first-order valence-corrected chi connectivity index (χ1v) is 10.4. The fraction of sp³-hybridized carbons (Fsp3) is 0.526. The molecule has 2 fully saturated rings. The number of piperidine rings is 1. The first-order chi connectivity index (χ1) is 12.6. The lowest BCUT2D eigenvalue weighted by Gasteiger charge is -2.35. The molecule has 3 rings (SSSR count). The molecule has 140 valence electrons. The Kier molecular flexibility index (Phi) is 6.53. The summed E-state index contributed by atoms with van der Waals surface area (Å²) in [5.74, 6) is 0.734. The van der Waals surface area contributed by atoms with Crippen LogP contribution in [0.2, 0.25) is 0 Å². The molecule has 1 aromatic heterocycles. The van der Waals surface area contributed by atoms with Gasteiger partial charge in [-0.2, -0.15) is 0 Å². The molecule has 2 amide bonds. The van der Waals surface area contributed by atoms with Gasteiger partial charge in [-0.1, -0.05) is 30.9 Å². The molecule has 1 aromatic rings. The molecule has 0 radical (unpaired) electrons. The van der Waals surface area contributed by atoms with E-state index in [-0.39, 0.29) is 11.8 Å². The highest BCUT2D eigenvalue weighted by Gasteiger charge is 2.32. The molecular formula is C19H24N2O3S2. The largest absolute Gasteiger partial charge is 0.465 e. The molecule has 2 aliphatic heterocycles. The minimum Gasteiger partial charge on any atom is -0.465 e. The van der Waals surface area contributed by atoms with Gasteiger partial charge in [-0.05, 0) is 44.2 Å². The molecular weight excluding hydrogens is 368 g/mol. The van der Waals surface area contributed by atoms with Gasteiger partial charge < -0.3 is 9.32 Å². The zero-order valence-electron chi connectivity index (χ0n) is 15.0. The number of thioether (sulfide) groups is 1. The van der Waals surface area contributed by atoms with Crippen molar-refractivity contribution in [2.24, 2.45) is 0 Å². The molecule has 0 bridgehead atoms. The summed E-state index contributed by atoms with van der Waals surface area (Å²) in [4.78, 5) is 29.3. The van der Waals surface area contributed by atoms with Gasteiger partial charge in [-0.25, -0.2) is 0 Å². The number of carbonyl (C=O) groups is 2. The highest BCUT2D eigenvalue weighted by atomic mass is 32.2. The van der Waals surface area contributed by atoms with E-state index in [1.165, 1.54) is 18.2 Å². The van der Waals surface area contributed by atoms with E-state index in [2.05, 4.69) is 6.92 Å². The van der Waals surface area contributed by atoms with Crippen LogP contribution in [0.3, 0.4) is 0 Å². The summed E-state index contributed by atoms with van der Waals surface area (Å²) in [6.45, 7) is 3.49. The predicted molar refractivity (Wildman–Crippen MR) is 107 cm³/mol. The van der Waals surface area contributed by atoms with Gasteiger partial charge in [0.25, 0.3) is 5.91 Å². The topological polar surface area (TPSA) is 53.8 Å². The van der Waals surface area contributed by atoms with Crippen molar-refractivity contribution in [1.82, 2.24) is 9.80 Å². The fourth-order valence-electron chi connectivity index (χ4n) is 3.48. The third-order valence-corrected chi connectivity index (χ3v) is 6.26. The van der Waals surface area contributed by atoms with E-state index in [1.807, 2.05) is 4.90 Å². The zero-order chi connectivity index (χ0) is 18.5. The summed E-state index contributed by atoms with van der Waals surface area (Å²) in [6.07, 6.45) is 8.80. The maximum atomic E-state index is 12.5. The molecule has 0 N–H and O–H groups in total. The van der Waals surface area contributed by atoms with Crippen LogP contribution in [-0.4, -0.2) is 45.1 Å². The Labute approximate surface area is 163 Å². The van der Waals surface area contributed by atoms with Crippen molar-refractivity contribution >= 4 is 46.2 Å². The van der Waals surface area contributed by atoms with E-state index in [1.54, 1.807) is 29.4 Å². The summed E-state index contributed by atoms with van der Waals surface area (Å²) in [7, 11) is 0. The number of hydrogen-bond donors (Lipinski definition) is 0. The maximum Gasteiger partial charge on any atom is 0.266 e. The van der Waals surface area contributed by atoms with Crippen molar-refractivity contribution in [1.29, 1.82) is 0 Å². The van der Waals surface area contributed by atoms with Gasteiger partial charge in [0.2, 0.25) is 5.91 Å². The second-order valence-electron chi connectivity index (χ2n) is 6.60. The minimum absolute atomic E-state index is 0.103. The summed E-state index contributed by atoms with van der Waals surface area (Å²) in [5, 5.41) is 0. The Hall–Kier alpha value is -1.60. The SMILES string of the molecule is CC[C@@H]1CCCCN1C(=O)CCCN1C(=O)/C(=C\c2ccco2)SC1=S. The molecule has 2 aliphatic rings. The third-order valence-electron chi connectivity index (χ3n) is 4.88. The molecule has 7 heteroatoms. The number of thiocarbonyl (C=S) groups is 1. The number of nitrogens with zero attached hydrogens (tertiary/aromatic N) is 2. The smallest absolute Gasteiger partial charge is 0.266 e. The summed E-state index contributed by atoms with van der Waals surface area (Å²) >= 11 is 6.62. The second kappa shape index (κ2) is 8.86. The summed E-state index contributed by atoms with van der Waals surface area (Å²) < 4.78 is 5.81. The van der Waals surface area contributed by atoms with Gasteiger partial charge in [0.15, 0.2) is 0 Å². The van der Waals surface area contributed by atoms with Crippen molar-refractivity contribution in [2.45, 2.75) is 51.5 Å². The standard InChI is InChI=1S/C19H24N2O3S2/c1-2-14-7-3-4-10-20(14)17(22)9-5-11-21-18(23)16(26-19(21)25)13-15-8-6-12-24-15/h6,8,12-14H,2-5,7,9-11H2,1H3/b16-13+/t14-/m1/s1. The first-order valence-electron chi connectivity index (χ1n) is 9.18. The molecule has 0 aromatic carbocycles. The Balaban J connectivity index is 1.52. The van der Waals surface area contributed by atoms with Crippen LogP contribution in [0.4, 0.5) is 0 Å². The third kappa shape index (κ3) is 4.38. The van der Waals surface area contributed by atoms with E-state index in [0.717, 1.165) is 25.8 Å². The van der Waals surface area contributed by atoms with Crippen LogP contribution in [0.5, 0.6) is 0 Å². The van der Waals surface area contributed by atoms with Crippen molar-refractivity contribution < 1.29 is 14.0 Å². The maximum absolute atomic E-state index is 12.5. The quantitative estimate of drug-likeness (QED) is 0.540. The number of amides is 2. The lowest BCUT2D eigenvalue weighted by atomic mass is 9.99. The summed E-state index contributed by atoms with van der Waals surface area (Å²) in [5.41, 5.74) is 0. The number of rotatable bonds is 6. The van der Waals surface area contributed by atoms with Crippen molar-refractivity contribution in [2.75, 3.05) is 13.1 Å². The molecule has 0 unspecified atom stereocenters. The van der Waals surface area contributed by atoms with E-state index < -0.39 is 0 Å². The molecule has 3 heterocycles. The molecule has 1 atom stereocenters. The number of hydrogen-bond acceptors (Lipinski definition) is 5. The Morgan fingerprint density at radius 1 is 1.46 bits per heavy atom. The van der Waals surface area contributed by atoms with Crippen molar-refractivity contribution in [3.05, 3.63) is 29.1 Å². The van der Waals surface area contributed by atoms with Crippen molar-refractivity contribution in [3.8, 4) is 0 Å². The van der Waals surface area contributed by atoms with E-state index in [0.29, 0.717) is 40.4 Å². The Morgan fingerprint density at radius 3 is 3.04 bits per heavy atom. The van der Waals surface area contributed by atoms with Crippen LogP contribution in [-0.2, 0) is 9.59 Å². The van der Waals surface area contributed by atoms with Crippen LogP contribution < -0.4 is 0 Å². The van der Waals surface area contributed by atoms with Crippen LogP contribution in [0.25, 0.3) is 6.08 Å². The van der Waals surface area contributed by atoms with Gasteiger partial charge in [-0.3, -0.25) is 14.5 Å². The Morgan fingerprint density at radius 2 is 2.31 bits per heavy atom. The van der Waals surface area contributed by atoms with Gasteiger partial charge >= 0.3 is 0 Å².